The quantitative estimate of drug-likeness (QED) is 0.778. The van der Waals surface area contributed by atoms with Gasteiger partial charge in [-0.1, -0.05) is 13.3 Å². The minimum absolute atomic E-state index is 0.124. The van der Waals surface area contributed by atoms with E-state index in [0.29, 0.717) is 19.5 Å². The lowest BCUT2D eigenvalue weighted by Crippen LogP contribution is -2.50. The van der Waals surface area contributed by atoms with Gasteiger partial charge in [-0.25, -0.2) is 8.42 Å². The van der Waals surface area contributed by atoms with Gasteiger partial charge in [0.15, 0.2) is 5.25 Å². The largest absolute Gasteiger partial charge is 0.329 e. The number of hydrogen-bond acceptors (Lipinski definition) is 4. The van der Waals surface area contributed by atoms with E-state index in [4.69, 9.17) is 11.0 Å². The molecule has 1 heterocycles. The van der Waals surface area contributed by atoms with Crippen molar-refractivity contribution in [3.63, 3.8) is 0 Å². The molecule has 2 N–H and O–H groups in total. The molecule has 2 atom stereocenters. The molecule has 1 saturated heterocycles. The number of hydrogen-bond donors (Lipinski definition) is 1. The number of sulfonamides is 1. The highest BCUT2D eigenvalue weighted by atomic mass is 32.2. The molecule has 16 heavy (non-hydrogen) atoms. The average molecular weight is 245 g/mol. The minimum atomic E-state index is -3.49. The molecule has 6 heteroatoms. The summed E-state index contributed by atoms with van der Waals surface area (Å²) in [5, 5.41) is 7.93. The molecule has 0 amide bonds. The van der Waals surface area contributed by atoms with Crippen molar-refractivity contribution in [2.24, 2.45) is 5.73 Å². The number of piperidine rings is 1. The molecule has 0 bridgehead atoms. The molecule has 0 aromatic rings. The van der Waals surface area contributed by atoms with Crippen LogP contribution in [-0.4, -0.2) is 37.1 Å². The van der Waals surface area contributed by atoms with Crippen LogP contribution in [0.5, 0.6) is 0 Å². The van der Waals surface area contributed by atoms with Crippen molar-refractivity contribution in [2.45, 2.75) is 43.9 Å². The van der Waals surface area contributed by atoms with E-state index in [0.717, 1.165) is 19.3 Å². The van der Waals surface area contributed by atoms with Crippen LogP contribution in [0.1, 0.15) is 32.6 Å². The summed E-state index contributed by atoms with van der Waals surface area (Å²) in [5.41, 5.74) is 5.58. The fourth-order valence-corrected chi connectivity index (χ4v) is 3.95. The van der Waals surface area contributed by atoms with E-state index in [1.807, 2.05) is 6.07 Å². The van der Waals surface area contributed by atoms with E-state index >= 15 is 0 Å². The molecule has 0 spiro atoms. The predicted octanol–water partition coefficient (Wildman–Crippen LogP) is 0.432. The Morgan fingerprint density at radius 3 is 2.75 bits per heavy atom. The second-order valence-electron chi connectivity index (χ2n) is 4.07. The van der Waals surface area contributed by atoms with Gasteiger partial charge in [0.2, 0.25) is 10.0 Å². The molecule has 1 rings (SSSR count). The van der Waals surface area contributed by atoms with Gasteiger partial charge in [-0.2, -0.15) is 9.57 Å². The molecular formula is C10H19N3O2S. The van der Waals surface area contributed by atoms with Crippen LogP contribution < -0.4 is 5.73 Å². The third-order valence-electron chi connectivity index (χ3n) is 3.05. The molecule has 1 aliphatic heterocycles. The fourth-order valence-electron chi connectivity index (χ4n) is 2.08. The van der Waals surface area contributed by atoms with Crippen LogP contribution in [0, 0.1) is 11.3 Å². The summed E-state index contributed by atoms with van der Waals surface area (Å²) in [6.45, 7) is 2.55. The first-order valence-corrected chi connectivity index (χ1v) is 7.18. The summed E-state index contributed by atoms with van der Waals surface area (Å²) < 4.78 is 25.8. The van der Waals surface area contributed by atoms with Gasteiger partial charge in [-0.3, -0.25) is 0 Å². The fraction of sp³-hybridized carbons (Fsp3) is 0.900. The second-order valence-corrected chi connectivity index (χ2v) is 6.13. The number of rotatable bonds is 4. The van der Waals surface area contributed by atoms with E-state index in [-0.39, 0.29) is 6.04 Å². The lowest BCUT2D eigenvalue weighted by Gasteiger charge is -2.34. The Labute approximate surface area is 97.3 Å². The van der Waals surface area contributed by atoms with Crippen molar-refractivity contribution in [1.29, 1.82) is 5.26 Å². The van der Waals surface area contributed by atoms with Crippen molar-refractivity contribution < 1.29 is 8.42 Å². The zero-order valence-corrected chi connectivity index (χ0v) is 10.4. The third-order valence-corrected chi connectivity index (χ3v) is 5.34. The van der Waals surface area contributed by atoms with Crippen LogP contribution in [-0.2, 0) is 10.0 Å². The lowest BCUT2D eigenvalue weighted by atomic mass is 10.1. The zero-order chi connectivity index (χ0) is 12.2. The standard InChI is InChI=1S/C10H19N3O2S/c1-2-10(8-12)16(14,15)13-6-4-3-5-9(13)7-11/h9-10H,2-7,11H2,1H3. The molecule has 0 aromatic carbocycles. The van der Waals surface area contributed by atoms with Gasteiger partial charge in [-0.05, 0) is 19.3 Å². The summed E-state index contributed by atoms with van der Waals surface area (Å²) in [5.74, 6) is 0. The van der Waals surface area contributed by atoms with Gasteiger partial charge in [0.1, 0.15) is 0 Å². The van der Waals surface area contributed by atoms with Crippen LogP contribution in [0.2, 0.25) is 0 Å². The van der Waals surface area contributed by atoms with Gasteiger partial charge < -0.3 is 5.73 Å². The van der Waals surface area contributed by atoms with E-state index in [1.165, 1.54) is 4.31 Å². The van der Waals surface area contributed by atoms with Crippen molar-refractivity contribution in [3.05, 3.63) is 0 Å². The second kappa shape index (κ2) is 5.62. The Morgan fingerprint density at radius 1 is 1.56 bits per heavy atom. The highest BCUT2D eigenvalue weighted by Gasteiger charge is 2.36. The van der Waals surface area contributed by atoms with E-state index < -0.39 is 15.3 Å². The normalized spacial score (nSPS) is 24.9. The number of nitriles is 1. The van der Waals surface area contributed by atoms with Crippen LogP contribution in [0.25, 0.3) is 0 Å². The van der Waals surface area contributed by atoms with Crippen molar-refractivity contribution in [2.75, 3.05) is 13.1 Å². The molecular weight excluding hydrogens is 226 g/mol. The molecule has 5 nitrogen and oxygen atoms in total. The van der Waals surface area contributed by atoms with Crippen LogP contribution >= 0.6 is 0 Å². The maximum absolute atomic E-state index is 12.2. The Balaban J connectivity index is 2.93. The first-order chi connectivity index (χ1) is 7.57. The molecule has 0 saturated carbocycles. The summed E-state index contributed by atoms with van der Waals surface area (Å²) in [4.78, 5) is 0. The number of nitrogens with two attached hydrogens (primary N) is 1. The van der Waals surface area contributed by atoms with Crippen LogP contribution in [0.3, 0.4) is 0 Å². The van der Waals surface area contributed by atoms with Crippen molar-refractivity contribution >= 4 is 10.0 Å². The van der Waals surface area contributed by atoms with E-state index in [2.05, 4.69) is 0 Å². The summed E-state index contributed by atoms with van der Waals surface area (Å²) in [7, 11) is -3.49. The van der Waals surface area contributed by atoms with Crippen LogP contribution in [0.4, 0.5) is 0 Å². The van der Waals surface area contributed by atoms with Gasteiger partial charge in [0.25, 0.3) is 0 Å². The average Bonchev–Trinajstić information content (AvgIpc) is 2.30. The SMILES string of the molecule is CCC(C#N)S(=O)(=O)N1CCCCC1CN. The number of nitrogens with zero attached hydrogens (tertiary/aromatic N) is 2. The van der Waals surface area contributed by atoms with E-state index in [9.17, 15) is 8.42 Å². The van der Waals surface area contributed by atoms with Gasteiger partial charge in [0.05, 0.1) is 6.07 Å². The summed E-state index contributed by atoms with van der Waals surface area (Å²) >= 11 is 0. The van der Waals surface area contributed by atoms with Crippen LogP contribution in [0.15, 0.2) is 0 Å². The molecule has 0 aromatic heterocycles. The maximum Gasteiger partial charge on any atom is 0.230 e. The molecule has 0 aliphatic carbocycles. The topological polar surface area (TPSA) is 87.2 Å². The maximum atomic E-state index is 12.2. The van der Waals surface area contributed by atoms with E-state index in [1.54, 1.807) is 6.92 Å². The lowest BCUT2D eigenvalue weighted by molar-refractivity contribution is 0.256. The molecule has 92 valence electrons. The minimum Gasteiger partial charge on any atom is -0.329 e. The predicted molar refractivity (Wildman–Crippen MR) is 62.0 cm³/mol. The highest BCUT2D eigenvalue weighted by Crippen LogP contribution is 2.23. The zero-order valence-electron chi connectivity index (χ0n) is 9.59. The molecule has 2 unspecified atom stereocenters. The Kier molecular flexibility index (Phi) is 4.71. The first kappa shape index (κ1) is 13.4. The molecule has 1 aliphatic rings. The smallest absolute Gasteiger partial charge is 0.230 e. The summed E-state index contributed by atoms with van der Waals surface area (Å²) in [6, 6.07) is 1.74. The monoisotopic (exact) mass is 245 g/mol. The Hall–Kier alpha value is -0.640. The summed E-state index contributed by atoms with van der Waals surface area (Å²) in [6.07, 6.45) is 3.00. The molecule has 1 fully saturated rings. The van der Waals surface area contributed by atoms with Crippen molar-refractivity contribution in [1.82, 2.24) is 4.31 Å². The Bertz CT molecular complexity index is 361. The van der Waals surface area contributed by atoms with Crippen molar-refractivity contribution in [3.8, 4) is 6.07 Å². The van der Waals surface area contributed by atoms with Gasteiger partial charge >= 0.3 is 0 Å². The van der Waals surface area contributed by atoms with Gasteiger partial charge in [0, 0.05) is 19.1 Å². The highest BCUT2D eigenvalue weighted by molar-refractivity contribution is 7.90. The van der Waals surface area contributed by atoms with Gasteiger partial charge in [-0.15, -0.1) is 0 Å². The third kappa shape index (κ3) is 2.54. The molecule has 0 radical (unpaired) electrons. The first-order valence-electron chi connectivity index (χ1n) is 5.68. The Morgan fingerprint density at radius 2 is 2.25 bits per heavy atom.